The van der Waals surface area contributed by atoms with Crippen molar-refractivity contribution in [3.63, 3.8) is 0 Å². The first kappa shape index (κ1) is 16.3. The van der Waals surface area contributed by atoms with Gasteiger partial charge in [0.15, 0.2) is 0 Å². The molecule has 1 aromatic rings. The molecule has 0 aliphatic heterocycles. The molecule has 1 atom stereocenters. The Kier molecular flexibility index (Phi) is 6.67. The Bertz CT molecular complexity index is 406. The minimum absolute atomic E-state index is 0. The molecule has 3 heteroatoms. The van der Waals surface area contributed by atoms with Crippen LogP contribution in [0.2, 0.25) is 0 Å². The average molecular weight is 284 g/mol. The molecule has 108 valence electrons. The van der Waals surface area contributed by atoms with E-state index in [4.69, 9.17) is 10.5 Å². The SMILES string of the molecule is CCOc1ccc(CC(N)CC)c2c1CCCC2.Cl. The van der Waals surface area contributed by atoms with E-state index in [2.05, 4.69) is 26.0 Å². The smallest absolute Gasteiger partial charge is 0.122 e. The summed E-state index contributed by atoms with van der Waals surface area (Å²) in [6, 6.07) is 4.66. The molecule has 0 saturated heterocycles. The van der Waals surface area contributed by atoms with Gasteiger partial charge in [0.2, 0.25) is 0 Å². The summed E-state index contributed by atoms with van der Waals surface area (Å²) in [6.45, 7) is 4.96. The third-order valence-corrected chi connectivity index (χ3v) is 3.90. The van der Waals surface area contributed by atoms with Crippen LogP contribution >= 0.6 is 12.4 Å². The van der Waals surface area contributed by atoms with Crippen molar-refractivity contribution in [1.82, 2.24) is 0 Å². The molecule has 0 fully saturated rings. The maximum Gasteiger partial charge on any atom is 0.122 e. The second kappa shape index (κ2) is 7.76. The topological polar surface area (TPSA) is 35.2 Å². The Hall–Kier alpha value is -0.730. The van der Waals surface area contributed by atoms with Crippen LogP contribution in [0.3, 0.4) is 0 Å². The maximum absolute atomic E-state index is 6.10. The van der Waals surface area contributed by atoms with Gasteiger partial charge >= 0.3 is 0 Å². The van der Waals surface area contributed by atoms with Crippen LogP contribution < -0.4 is 10.5 Å². The first-order chi connectivity index (χ1) is 8.76. The summed E-state index contributed by atoms with van der Waals surface area (Å²) in [5, 5.41) is 0. The fourth-order valence-corrected chi connectivity index (χ4v) is 2.82. The van der Waals surface area contributed by atoms with Crippen molar-refractivity contribution in [2.75, 3.05) is 6.61 Å². The number of nitrogens with two attached hydrogens (primary N) is 1. The Labute approximate surface area is 123 Å². The molecule has 2 nitrogen and oxygen atoms in total. The number of benzene rings is 1. The van der Waals surface area contributed by atoms with E-state index in [0.717, 1.165) is 25.2 Å². The van der Waals surface area contributed by atoms with Crippen molar-refractivity contribution in [1.29, 1.82) is 0 Å². The molecule has 1 unspecified atom stereocenters. The Morgan fingerprint density at radius 3 is 2.47 bits per heavy atom. The summed E-state index contributed by atoms with van der Waals surface area (Å²) in [6.07, 6.45) is 7.00. The van der Waals surface area contributed by atoms with Crippen LogP contribution in [0.1, 0.15) is 49.8 Å². The van der Waals surface area contributed by atoms with E-state index in [1.54, 1.807) is 0 Å². The van der Waals surface area contributed by atoms with Gasteiger partial charge in [0.25, 0.3) is 0 Å². The molecule has 0 radical (unpaired) electrons. The van der Waals surface area contributed by atoms with Crippen LogP contribution in [0.5, 0.6) is 5.75 Å². The van der Waals surface area contributed by atoms with Crippen molar-refractivity contribution in [3.05, 3.63) is 28.8 Å². The van der Waals surface area contributed by atoms with Crippen LogP contribution in [0.15, 0.2) is 12.1 Å². The minimum Gasteiger partial charge on any atom is -0.494 e. The summed E-state index contributed by atoms with van der Waals surface area (Å²) in [5.74, 6) is 1.10. The van der Waals surface area contributed by atoms with Crippen LogP contribution in [0.25, 0.3) is 0 Å². The fraction of sp³-hybridized carbons (Fsp3) is 0.625. The van der Waals surface area contributed by atoms with Crippen molar-refractivity contribution in [2.24, 2.45) is 5.73 Å². The zero-order chi connectivity index (χ0) is 13.0. The number of ether oxygens (including phenoxy) is 1. The lowest BCUT2D eigenvalue weighted by Crippen LogP contribution is -2.23. The van der Waals surface area contributed by atoms with E-state index < -0.39 is 0 Å². The summed E-state index contributed by atoms with van der Waals surface area (Å²) in [4.78, 5) is 0. The number of hydrogen-bond donors (Lipinski definition) is 1. The van der Waals surface area contributed by atoms with E-state index in [1.165, 1.54) is 42.4 Å². The highest BCUT2D eigenvalue weighted by molar-refractivity contribution is 5.85. The molecule has 0 aromatic heterocycles. The summed E-state index contributed by atoms with van der Waals surface area (Å²) < 4.78 is 5.76. The lowest BCUT2D eigenvalue weighted by Gasteiger charge is -2.23. The highest BCUT2D eigenvalue weighted by Gasteiger charge is 2.18. The molecule has 0 bridgehead atoms. The zero-order valence-corrected chi connectivity index (χ0v) is 12.9. The zero-order valence-electron chi connectivity index (χ0n) is 12.1. The van der Waals surface area contributed by atoms with Gasteiger partial charge in [-0.15, -0.1) is 12.4 Å². The van der Waals surface area contributed by atoms with Gasteiger partial charge in [-0.05, 0) is 68.2 Å². The molecule has 19 heavy (non-hydrogen) atoms. The molecule has 2 N–H and O–H groups in total. The third kappa shape index (κ3) is 3.87. The van der Waals surface area contributed by atoms with Gasteiger partial charge < -0.3 is 10.5 Å². The second-order valence-corrected chi connectivity index (χ2v) is 5.19. The lowest BCUT2D eigenvalue weighted by atomic mass is 9.85. The molecule has 0 heterocycles. The molecule has 1 aliphatic carbocycles. The van der Waals surface area contributed by atoms with Crippen LogP contribution in [0.4, 0.5) is 0 Å². The number of halogens is 1. The fourth-order valence-electron chi connectivity index (χ4n) is 2.82. The predicted octanol–water partition coefficient (Wildman–Crippen LogP) is 3.67. The van der Waals surface area contributed by atoms with Gasteiger partial charge in [0, 0.05) is 6.04 Å². The maximum atomic E-state index is 6.10. The predicted molar refractivity (Wildman–Crippen MR) is 83.5 cm³/mol. The summed E-state index contributed by atoms with van der Waals surface area (Å²) in [5.41, 5.74) is 10.5. The molecule has 1 aliphatic rings. The van der Waals surface area contributed by atoms with Crippen LogP contribution in [-0.2, 0) is 19.3 Å². The Balaban J connectivity index is 0.00000180. The second-order valence-electron chi connectivity index (χ2n) is 5.19. The van der Waals surface area contributed by atoms with Crippen molar-refractivity contribution < 1.29 is 4.74 Å². The summed E-state index contributed by atoms with van der Waals surface area (Å²) >= 11 is 0. The van der Waals surface area contributed by atoms with E-state index >= 15 is 0 Å². The van der Waals surface area contributed by atoms with Gasteiger partial charge in [-0.2, -0.15) is 0 Å². The number of hydrogen-bond acceptors (Lipinski definition) is 2. The lowest BCUT2D eigenvalue weighted by molar-refractivity contribution is 0.334. The summed E-state index contributed by atoms with van der Waals surface area (Å²) in [7, 11) is 0. The van der Waals surface area contributed by atoms with Crippen LogP contribution in [-0.4, -0.2) is 12.6 Å². The van der Waals surface area contributed by atoms with E-state index in [9.17, 15) is 0 Å². The third-order valence-electron chi connectivity index (χ3n) is 3.90. The monoisotopic (exact) mass is 283 g/mol. The van der Waals surface area contributed by atoms with Gasteiger partial charge in [-0.1, -0.05) is 13.0 Å². The van der Waals surface area contributed by atoms with Gasteiger partial charge in [0.1, 0.15) is 5.75 Å². The molecule has 2 rings (SSSR count). The number of rotatable bonds is 5. The molecular formula is C16H26ClNO. The van der Waals surface area contributed by atoms with Crippen molar-refractivity contribution >= 4 is 12.4 Å². The quantitative estimate of drug-likeness (QED) is 0.895. The first-order valence-corrected chi connectivity index (χ1v) is 7.28. The van der Waals surface area contributed by atoms with E-state index in [1.807, 2.05) is 0 Å². The van der Waals surface area contributed by atoms with Gasteiger partial charge in [0.05, 0.1) is 6.61 Å². The highest BCUT2D eigenvalue weighted by atomic mass is 35.5. The normalized spacial score (nSPS) is 15.3. The van der Waals surface area contributed by atoms with Crippen LogP contribution in [0, 0.1) is 0 Å². The molecular weight excluding hydrogens is 258 g/mol. The van der Waals surface area contributed by atoms with Crippen molar-refractivity contribution in [2.45, 2.75) is 58.4 Å². The number of fused-ring (bicyclic) bond motifs is 1. The highest BCUT2D eigenvalue weighted by Crippen LogP contribution is 2.32. The standard InChI is InChI=1S/C16H25NO.ClH/c1-3-13(17)11-12-9-10-16(18-4-2)15-8-6-5-7-14(12)15;/h9-10,13H,3-8,11,17H2,1-2H3;1H. The van der Waals surface area contributed by atoms with E-state index in [-0.39, 0.29) is 18.4 Å². The molecule has 0 spiro atoms. The van der Waals surface area contributed by atoms with Gasteiger partial charge in [-0.3, -0.25) is 0 Å². The minimum atomic E-state index is 0. The molecule has 0 amide bonds. The van der Waals surface area contributed by atoms with Crippen molar-refractivity contribution in [3.8, 4) is 5.75 Å². The Morgan fingerprint density at radius 2 is 1.84 bits per heavy atom. The molecule has 0 saturated carbocycles. The first-order valence-electron chi connectivity index (χ1n) is 7.28. The largest absolute Gasteiger partial charge is 0.494 e. The average Bonchev–Trinajstić information content (AvgIpc) is 2.41. The molecule has 1 aromatic carbocycles. The van der Waals surface area contributed by atoms with E-state index in [0.29, 0.717) is 0 Å². The Morgan fingerprint density at radius 1 is 1.16 bits per heavy atom. The van der Waals surface area contributed by atoms with Gasteiger partial charge in [-0.25, -0.2) is 0 Å².